The molecule has 1 aliphatic carbocycles. The Labute approximate surface area is 86.1 Å². The summed E-state index contributed by atoms with van der Waals surface area (Å²) in [5.74, 6) is 0.788. The first-order valence-electron chi connectivity index (χ1n) is 5.54. The molecule has 1 fully saturated rings. The van der Waals surface area contributed by atoms with Crippen molar-refractivity contribution in [2.75, 3.05) is 0 Å². The van der Waals surface area contributed by atoms with Gasteiger partial charge in [-0.2, -0.15) is 0 Å². The Hall–Kier alpha value is -0.140. The van der Waals surface area contributed by atoms with Gasteiger partial charge in [-0.05, 0) is 37.0 Å². The van der Waals surface area contributed by atoms with Gasteiger partial charge in [-0.25, -0.2) is 8.78 Å². The summed E-state index contributed by atoms with van der Waals surface area (Å²) in [4.78, 5) is 0. The highest BCUT2D eigenvalue weighted by atomic mass is 19.3. The van der Waals surface area contributed by atoms with E-state index in [9.17, 15) is 8.78 Å². The van der Waals surface area contributed by atoms with E-state index in [-0.39, 0.29) is 5.41 Å². The Balaban J connectivity index is 2.38. The Kier molecular flexibility index (Phi) is 3.23. The Morgan fingerprint density at radius 1 is 1.07 bits per heavy atom. The van der Waals surface area contributed by atoms with Crippen LogP contribution in [0.3, 0.4) is 0 Å². The summed E-state index contributed by atoms with van der Waals surface area (Å²) in [5.41, 5.74) is -0.543. The second kappa shape index (κ2) is 3.79. The average molecular weight is 204 g/mol. The van der Waals surface area contributed by atoms with Crippen molar-refractivity contribution in [3.8, 4) is 0 Å². The van der Waals surface area contributed by atoms with E-state index in [1.165, 1.54) is 12.8 Å². The van der Waals surface area contributed by atoms with Crippen LogP contribution in [0.5, 0.6) is 0 Å². The Morgan fingerprint density at radius 2 is 1.57 bits per heavy atom. The molecule has 0 unspecified atom stereocenters. The molecule has 14 heavy (non-hydrogen) atoms. The third-order valence-corrected chi connectivity index (χ3v) is 3.69. The molecular formula is C12H22F2. The molecule has 0 atom stereocenters. The van der Waals surface area contributed by atoms with Crippen LogP contribution < -0.4 is 0 Å². The molecule has 1 rings (SSSR count). The zero-order valence-corrected chi connectivity index (χ0v) is 9.74. The zero-order chi connectivity index (χ0) is 11.0. The van der Waals surface area contributed by atoms with Crippen LogP contribution in [0.2, 0.25) is 0 Å². The predicted molar refractivity (Wildman–Crippen MR) is 55.5 cm³/mol. The summed E-state index contributed by atoms with van der Waals surface area (Å²) in [6.45, 7) is 7.76. The molecule has 0 amide bonds. The fourth-order valence-corrected chi connectivity index (χ4v) is 1.82. The fourth-order valence-electron chi connectivity index (χ4n) is 1.82. The lowest BCUT2D eigenvalue weighted by Gasteiger charge is -2.30. The summed E-state index contributed by atoms with van der Waals surface area (Å²) >= 11 is 0. The van der Waals surface area contributed by atoms with Crippen LogP contribution in [-0.2, 0) is 0 Å². The Bertz CT molecular complexity index is 176. The van der Waals surface area contributed by atoms with E-state index >= 15 is 0 Å². The van der Waals surface area contributed by atoms with Crippen molar-refractivity contribution in [2.45, 2.75) is 59.8 Å². The maximum atomic E-state index is 12.6. The molecule has 0 radical (unpaired) electrons. The molecule has 2 heteroatoms. The SMILES string of the molecule is CC(C)(CCC(C)(C)C1CC1)C(F)F. The molecule has 0 aromatic heterocycles. The van der Waals surface area contributed by atoms with Gasteiger partial charge in [0, 0.05) is 5.41 Å². The fraction of sp³-hybridized carbons (Fsp3) is 1.00. The first kappa shape index (κ1) is 11.9. The summed E-state index contributed by atoms with van der Waals surface area (Å²) < 4.78 is 25.2. The maximum absolute atomic E-state index is 12.6. The molecule has 0 nitrogen and oxygen atoms in total. The van der Waals surface area contributed by atoms with Gasteiger partial charge in [-0.3, -0.25) is 0 Å². The van der Waals surface area contributed by atoms with E-state index in [0.29, 0.717) is 6.42 Å². The molecule has 0 spiro atoms. The van der Waals surface area contributed by atoms with Crippen LogP contribution in [0, 0.1) is 16.7 Å². The van der Waals surface area contributed by atoms with E-state index in [0.717, 1.165) is 12.3 Å². The monoisotopic (exact) mass is 204 g/mol. The van der Waals surface area contributed by atoms with Crippen molar-refractivity contribution < 1.29 is 8.78 Å². The molecule has 0 saturated heterocycles. The van der Waals surface area contributed by atoms with Crippen LogP contribution in [-0.4, -0.2) is 6.43 Å². The highest BCUT2D eigenvalue weighted by Gasteiger charge is 2.39. The van der Waals surface area contributed by atoms with Crippen LogP contribution in [0.1, 0.15) is 53.4 Å². The van der Waals surface area contributed by atoms with E-state index in [1.807, 2.05) is 0 Å². The van der Waals surface area contributed by atoms with Gasteiger partial charge in [0.1, 0.15) is 0 Å². The van der Waals surface area contributed by atoms with Crippen molar-refractivity contribution in [1.29, 1.82) is 0 Å². The van der Waals surface area contributed by atoms with Crippen LogP contribution in [0.25, 0.3) is 0 Å². The highest BCUT2D eigenvalue weighted by Crippen LogP contribution is 2.49. The molecule has 0 bridgehead atoms. The summed E-state index contributed by atoms with van der Waals surface area (Å²) in [6.07, 6.45) is 1.95. The van der Waals surface area contributed by atoms with Gasteiger partial charge >= 0.3 is 0 Å². The number of halogens is 2. The highest BCUT2D eigenvalue weighted by molar-refractivity contribution is 4.89. The number of hydrogen-bond acceptors (Lipinski definition) is 0. The minimum Gasteiger partial charge on any atom is -0.210 e. The molecule has 84 valence electrons. The predicted octanol–water partition coefficient (Wildman–Crippen LogP) is 4.49. The molecule has 0 N–H and O–H groups in total. The first-order valence-corrected chi connectivity index (χ1v) is 5.54. The van der Waals surface area contributed by atoms with E-state index in [1.54, 1.807) is 13.8 Å². The average Bonchev–Trinajstić information content (AvgIpc) is 2.83. The number of alkyl halides is 2. The van der Waals surface area contributed by atoms with Crippen molar-refractivity contribution in [3.05, 3.63) is 0 Å². The molecule has 0 aromatic carbocycles. The summed E-state index contributed by atoms with van der Waals surface area (Å²) in [5, 5.41) is 0. The normalized spacial score (nSPS) is 19.1. The lowest BCUT2D eigenvalue weighted by Crippen LogP contribution is -2.25. The number of rotatable bonds is 5. The molecular weight excluding hydrogens is 182 g/mol. The largest absolute Gasteiger partial charge is 0.243 e. The Morgan fingerprint density at radius 3 is 1.93 bits per heavy atom. The van der Waals surface area contributed by atoms with Gasteiger partial charge in [0.25, 0.3) is 0 Å². The van der Waals surface area contributed by atoms with Gasteiger partial charge in [0.15, 0.2) is 0 Å². The second-order valence-electron chi connectivity index (χ2n) is 6.05. The van der Waals surface area contributed by atoms with Gasteiger partial charge in [0.05, 0.1) is 0 Å². The zero-order valence-electron chi connectivity index (χ0n) is 9.74. The summed E-state index contributed by atoms with van der Waals surface area (Å²) in [7, 11) is 0. The van der Waals surface area contributed by atoms with Gasteiger partial charge in [-0.15, -0.1) is 0 Å². The molecule has 0 aromatic rings. The minimum atomic E-state index is -2.20. The lowest BCUT2D eigenvalue weighted by molar-refractivity contribution is 0.00527. The summed E-state index contributed by atoms with van der Waals surface area (Å²) in [6, 6.07) is 0. The van der Waals surface area contributed by atoms with Crippen LogP contribution in [0.15, 0.2) is 0 Å². The van der Waals surface area contributed by atoms with Crippen LogP contribution in [0.4, 0.5) is 8.78 Å². The maximum Gasteiger partial charge on any atom is 0.243 e. The smallest absolute Gasteiger partial charge is 0.210 e. The van der Waals surface area contributed by atoms with Gasteiger partial charge in [-0.1, -0.05) is 27.7 Å². The van der Waals surface area contributed by atoms with Gasteiger partial charge < -0.3 is 0 Å². The lowest BCUT2D eigenvalue weighted by atomic mass is 9.76. The third kappa shape index (κ3) is 2.93. The van der Waals surface area contributed by atoms with Crippen molar-refractivity contribution in [3.63, 3.8) is 0 Å². The van der Waals surface area contributed by atoms with E-state index < -0.39 is 11.8 Å². The van der Waals surface area contributed by atoms with Crippen LogP contribution >= 0.6 is 0 Å². The van der Waals surface area contributed by atoms with Crippen molar-refractivity contribution >= 4 is 0 Å². The minimum absolute atomic E-state index is 0.270. The second-order valence-corrected chi connectivity index (χ2v) is 6.05. The first-order chi connectivity index (χ1) is 6.26. The van der Waals surface area contributed by atoms with Crippen molar-refractivity contribution in [1.82, 2.24) is 0 Å². The topological polar surface area (TPSA) is 0 Å². The molecule has 1 saturated carbocycles. The quantitative estimate of drug-likeness (QED) is 0.618. The van der Waals surface area contributed by atoms with E-state index in [4.69, 9.17) is 0 Å². The number of hydrogen-bond donors (Lipinski definition) is 0. The standard InChI is InChI=1S/C12H22F2/c1-11(2,9-5-6-9)7-8-12(3,4)10(13)14/h9-10H,5-8H2,1-4H3. The third-order valence-electron chi connectivity index (χ3n) is 3.69. The van der Waals surface area contributed by atoms with Gasteiger partial charge in [0.2, 0.25) is 6.43 Å². The van der Waals surface area contributed by atoms with E-state index in [2.05, 4.69) is 13.8 Å². The molecule has 1 aliphatic rings. The molecule has 0 aliphatic heterocycles. The van der Waals surface area contributed by atoms with Crippen molar-refractivity contribution in [2.24, 2.45) is 16.7 Å². The molecule has 0 heterocycles.